The molecule has 0 amide bonds. The summed E-state index contributed by atoms with van der Waals surface area (Å²) in [4.78, 5) is 0. The first kappa shape index (κ1) is 14.7. The minimum absolute atomic E-state index is 0.161. The molecule has 5 heteroatoms. The molecule has 0 radical (unpaired) electrons. The van der Waals surface area contributed by atoms with Crippen molar-refractivity contribution < 1.29 is 19.3 Å². The van der Waals surface area contributed by atoms with Gasteiger partial charge in [0.05, 0.1) is 19.3 Å². The summed E-state index contributed by atoms with van der Waals surface area (Å²) in [7, 11) is 1.64. The van der Waals surface area contributed by atoms with Gasteiger partial charge in [-0.1, -0.05) is 18.2 Å². The highest BCUT2D eigenvalue weighted by Crippen LogP contribution is 2.31. The topological polar surface area (TPSA) is 47.9 Å². The first-order chi connectivity index (χ1) is 9.33. The molecule has 106 valence electrons. The predicted molar refractivity (Wildman–Crippen MR) is 75.8 cm³/mol. The Hall–Kier alpha value is -0.750. The van der Waals surface area contributed by atoms with Gasteiger partial charge in [0.25, 0.3) is 0 Å². The van der Waals surface area contributed by atoms with Crippen LogP contribution in [0.25, 0.3) is 0 Å². The number of rotatable bonds is 6. The van der Waals surface area contributed by atoms with E-state index in [4.69, 9.17) is 14.2 Å². The van der Waals surface area contributed by atoms with E-state index in [2.05, 4.69) is 0 Å². The minimum atomic E-state index is -0.647. The summed E-state index contributed by atoms with van der Waals surface area (Å²) in [6.07, 6.45) is -0.808. The molecular formula is C14H20O4S. The first-order valence-corrected chi connectivity index (χ1v) is 7.56. The Balaban J connectivity index is 2.04. The third-order valence-corrected chi connectivity index (χ3v) is 4.00. The van der Waals surface area contributed by atoms with Gasteiger partial charge in [-0.3, -0.25) is 0 Å². The van der Waals surface area contributed by atoms with Gasteiger partial charge in [-0.25, -0.2) is 0 Å². The van der Waals surface area contributed by atoms with E-state index in [0.29, 0.717) is 25.6 Å². The summed E-state index contributed by atoms with van der Waals surface area (Å²) < 4.78 is 16.2. The highest BCUT2D eigenvalue weighted by atomic mass is 32.2. The van der Waals surface area contributed by atoms with E-state index in [9.17, 15) is 5.11 Å². The summed E-state index contributed by atoms with van der Waals surface area (Å²) in [5.41, 5.74) is 0.783. The number of ether oxygens (including phenoxy) is 3. The van der Waals surface area contributed by atoms with Crippen LogP contribution in [0.15, 0.2) is 24.3 Å². The average molecular weight is 284 g/mol. The molecule has 1 aliphatic heterocycles. The Morgan fingerprint density at radius 3 is 3.00 bits per heavy atom. The fourth-order valence-corrected chi connectivity index (χ4v) is 2.87. The second-order valence-corrected chi connectivity index (χ2v) is 5.46. The Morgan fingerprint density at radius 1 is 1.42 bits per heavy atom. The van der Waals surface area contributed by atoms with Gasteiger partial charge >= 0.3 is 0 Å². The van der Waals surface area contributed by atoms with Gasteiger partial charge in [-0.2, -0.15) is 11.8 Å². The molecule has 1 aromatic rings. The molecule has 1 fully saturated rings. The van der Waals surface area contributed by atoms with E-state index in [-0.39, 0.29) is 6.10 Å². The number of aliphatic hydroxyl groups excluding tert-OH is 1. The van der Waals surface area contributed by atoms with Crippen molar-refractivity contribution in [3.05, 3.63) is 29.8 Å². The molecule has 1 N–H and O–H groups in total. The summed E-state index contributed by atoms with van der Waals surface area (Å²) in [6.45, 7) is 1.69. The van der Waals surface area contributed by atoms with Gasteiger partial charge in [-0.05, 0) is 6.07 Å². The zero-order valence-corrected chi connectivity index (χ0v) is 11.9. The number of para-hydroxylation sites is 1. The lowest BCUT2D eigenvalue weighted by atomic mass is 10.0. The van der Waals surface area contributed by atoms with Gasteiger partial charge in [0.1, 0.15) is 18.5 Å². The number of hydrogen-bond donors (Lipinski definition) is 1. The van der Waals surface area contributed by atoms with E-state index >= 15 is 0 Å². The fourth-order valence-electron chi connectivity index (χ4n) is 1.98. The van der Waals surface area contributed by atoms with Crippen LogP contribution in [0.2, 0.25) is 0 Å². The second kappa shape index (κ2) is 7.75. The molecule has 1 aromatic carbocycles. The lowest BCUT2D eigenvalue weighted by molar-refractivity contribution is -0.0239. The Labute approximate surface area is 118 Å². The SMILES string of the molecule is COCCOc1ccccc1C(O)C1CSCCO1. The molecule has 19 heavy (non-hydrogen) atoms. The van der Waals surface area contributed by atoms with E-state index in [1.54, 1.807) is 7.11 Å². The monoisotopic (exact) mass is 284 g/mol. The molecule has 0 saturated carbocycles. The number of thioether (sulfide) groups is 1. The summed E-state index contributed by atoms with van der Waals surface area (Å²) in [5, 5.41) is 10.4. The largest absolute Gasteiger partial charge is 0.491 e. The standard InChI is InChI=1S/C14H20O4S/c1-16-6-7-17-12-5-3-2-4-11(12)14(15)13-10-19-9-8-18-13/h2-5,13-15H,6-10H2,1H3. The molecule has 2 atom stereocenters. The zero-order valence-electron chi connectivity index (χ0n) is 11.1. The molecule has 2 rings (SSSR count). The molecule has 0 bridgehead atoms. The highest BCUT2D eigenvalue weighted by Gasteiger charge is 2.26. The normalized spacial score (nSPS) is 21.1. The maximum atomic E-state index is 10.4. The van der Waals surface area contributed by atoms with Gasteiger partial charge < -0.3 is 19.3 Å². The highest BCUT2D eigenvalue weighted by molar-refractivity contribution is 7.99. The smallest absolute Gasteiger partial charge is 0.125 e. The van der Waals surface area contributed by atoms with Crippen molar-refractivity contribution in [3.8, 4) is 5.75 Å². The Bertz CT molecular complexity index is 379. The molecule has 1 aliphatic rings. The molecule has 1 saturated heterocycles. The van der Waals surface area contributed by atoms with Crippen molar-refractivity contribution in [1.82, 2.24) is 0 Å². The van der Waals surface area contributed by atoms with Crippen molar-refractivity contribution in [2.75, 3.05) is 38.4 Å². The van der Waals surface area contributed by atoms with Crippen LogP contribution in [0.4, 0.5) is 0 Å². The van der Waals surface area contributed by atoms with Crippen LogP contribution in [0.3, 0.4) is 0 Å². The van der Waals surface area contributed by atoms with Crippen LogP contribution in [-0.4, -0.2) is 49.6 Å². The molecule has 2 unspecified atom stereocenters. The molecule has 0 aromatic heterocycles. The lowest BCUT2D eigenvalue weighted by Crippen LogP contribution is -2.30. The van der Waals surface area contributed by atoms with E-state index in [1.165, 1.54) is 0 Å². The van der Waals surface area contributed by atoms with Crippen molar-refractivity contribution >= 4 is 11.8 Å². The molecule has 0 aliphatic carbocycles. The van der Waals surface area contributed by atoms with Gasteiger partial charge in [0.15, 0.2) is 0 Å². The number of benzene rings is 1. The Kier molecular flexibility index (Phi) is 5.97. The van der Waals surface area contributed by atoms with Gasteiger partial charge in [0, 0.05) is 24.2 Å². The van der Waals surface area contributed by atoms with Crippen LogP contribution in [0.1, 0.15) is 11.7 Å². The maximum Gasteiger partial charge on any atom is 0.125 e. The Morgan fingerprint density at radius 2 is 2.26 bits per heavy atom. The van der Waals surface area contributed by atoms with Gasteiger partial charge in [0.2, 0.25) is 0 Å². The quantitative estimate of drug-likeness (QED) is 0.808. The summed E-state index contributed by atoms with van der Waals surface area (Å²) in [6, 6.07) is 7.55. The zero-order chi connectivity index (χ0) is 13.5. The van der Waals surface area contributed by atoms with Crippen LogP contribution in [-0.2, 0) is 9.47 Å². The van der Waals surface area contributed by atoms with E-state index in [0.717, 1.165) is 17.1 Å². The van der Waals surface area contributed by atoms with E-state index in [1.807, 2.05) is 36.0 Å². The third kappa shape index (κ3) is 4.11. The second-order valence-electron chi connectivity index (χ2n) is 4.31. The predicted octanol–water partition coefficient (Wildman–Crippen LogP) is 1.88. The third-order valence-electron chi connectivity index (χ3n) is 2.98. The summed E-state index contributed by atoms with van der Waals surface area (Å²) >= 11 is 1.81. The van der Waals surface area contributed by atoms with E-state index < -0.39 is 6.10 Å². The molecular weight excluding hydrogens is 264 g/mol. The lowest BCUT2D eigenvalue weighted by Gasteiger charge is -2.28. The van der Waals surface area contributed by atoms with Crippen LogP contribution in [0, 0.1) is 0 Å². The minimum Gasteiger partial charge on any atom is -0.491 e. The maximum absolute atomic E-state index is 10.4. The van der Waals surface area contributed by atoms with Crippen molar-refractivity contribution in [1.29, 1.82) is 0 Å². The molecule has 1 heterocycles. The molecule has 0 spiro atoms. The van der Waals surface area contributed by atoms with Gasteiger partial charge in [-0.15, -0.1) is 0 Å². The van der Waals surface area contributed by atoms with Crippen molar-refractivity contribution in [2.45, 2.75) is 12.2 Å². The first-order valence-electron chi connectivity index (χ1n) is 6.41. The van der Waals surface area contributed by atoms with Crippen LogP contribution < -0.4 is 4.74 Å². The van der Waals surface area contributed by atoms with Crippen molar-refractivity contribution in [3.63, 3.8) is 0 Å². The van der Waals surface area contributed by atoms with Crippen LogP contribution in [0.5, 0.6) is 5.75 Å². The number of methoxy groups -OCH3 is 1. The number of hydrogen-bond acceptors (Lipinski definition) is 5. The average Bonchev–Trinajstić information content (AvgIpc) is 2.48. The fraction of sp³-hybridized carbons (Fsp3) is 0.571. The van der Waals surface area contributed by atoms with Crippen molar-refractivity contribution in [2.24, 2.45) is 0 Å². The molecule has 4 nitrogen and oxygen atoms in total. The van der Waals surface area contributed by atoms with Crippen LogP contribution >= 0.6 is 11.8 Å². The number of aliphatic hydroxyl groups is 1. The summed E-state index contributed by atoms with van der Waals surface area (Å²) in [5.74, 6) is 2.51.